The Balaban J connectivity index is 2.42. The molecule has 0 atom stereocenters. The van der Waals surface area contributed by atoms with Crippen molar-refractivity contribution in [1.29, 1.82) is 0 Å². The zero-order valence-electron chi connectivity index (χ0n) is 10.7. The molecule has 0 aliphatic heterocycles. The lowest BCUT2D eigenvalue weighted by Crippen LogP contribution is -2.14. The third-order valence-electron chi connectivity index (χ3n) is 2.62. The number of aryl methyl sites for hydroxylation is 1. The minimum atomic E-state index is -4.27. The minimum Gasteiger partial charge on any atom is -0.462 e. The molecule has 114 valence electrons. The highest BCUT2D eigenvalue weighted by molar-refractivity contribution is 7.92. The van der Waals surface area contributed by atoms with Crippen molar-refractivity contribution >= 4 is 15.7 Å². The lowest BCUT2D eigenvalue weighted by Gasteiger charge is -2.08. The Hall–Kier alpha value is -2.00. The molecule has 2 rings (SSSR count). The largest absolute Gasteiger partial charge is 0.462 e. The highest BCUT2D eigenvalue weighted by atomic mass is 32.2. The maximum absolute atomic E-state index is 13.5. The van der Waals surface area contributed by atoms with Gasteiger partial charge < -0.3 is 9.52 Å². The Morgan fingerprint density at radius 1 is 1.14 bits per heavy atom. The van der Waals surface area contributed by atoms with Crippen LogP contribution in [-0.4, -0.2) is 13.5 Å². The lowest BCUT2D eigenvalue weighted by atomic mass is 10.3. The first kappa shape index (κ1) is 15.4. The van der Waals surface area contributed by atoms with Gasteiger partial charge in [0.05, 0.1) is 5.69 Å². The van der Waals surface area contributed by atoms with Crippen LogP contribution >= 0.6 is 0 Å². The van der Waals surface area contributed by atoms with Gasteiger partial charge in [-0.3, -0.25) is 4.72 Å². The molecule has 0 aliphatic carbocycles. The smallest absolute Gasteiger partial charge is 0.265 e. The summed E-state index contributed by atoms with van der Waals surface area (Å²) in [5.41, 5.74) is -0.736. The molecule has 1 aromatic carbocycles. The molecule has 0 bridgehead atoms. The van der Waals surface area contributed by atoms with E-state index in [0.717, 1.165) is 6.07 Å². The summed E-state index contributed by atoms with van der Waals surface area (Å²) in [7, 11) is -4.27. The molecule has 0 saturated carbocycles. The van der Waals surface area contributed by atoms with E-state index in [4.69, 9.17) is 9.52 Å². The first-order valence-electron chi connectivity index (χ1n) is 5.62. The van der Waals surface area contributed by atoms with Gasteiger partial charge in [0.2, 0.25) is 0 Å². The average Bonchev–Trinajstić information content (AvgIpc) is 2.78. The summed E-state index contributed by atoms with van der Waals surface area (Å²) >= 11 is 0. The van der Waals surface area contributed by atoms with Crippen molar-refractivity contribution in [2.75, 3.05) is 4.72 Å². The number of halogens is 3. The van der Waals surface area contributed by atoms with Crippen LogP contribution in [0.1, 0.15) is 11.5 Å². The van der Waals surface area contributed by atoms with Crippen molar-refractivity contribution in [1.82, 2.24) is 0 Å². The molecule has 2 N–H and O–H groups in total. The van der Waals surface area contributed by atoms with Gasteiger partial charge in [0.25, 0.3) is 10.0 Å². The number of anilines is 1. The van der Waals surface area contributed by atoms with Crippen molar-refractivity contribution < 1.29 is 31.1 Å². The van der Waals surface area contributed by atoms with Crippen molar-refractivity contribution in [2.24, 2.45) is 0 Å². The number of aliphatic hydroxyl groups is 1. The van der Waals surface area contributed by atoms with Crippen LogP contribution in [0.3, 0.4) is 0 Å². The highest BCUT2D eigenvalue weighted by Gasteiger charge is 2.23. The second kappa shape index (κ2) is 5.41. The Labute approximate surface area is 118 Å². The molecule has 0 unspecified atom stereocenters. The summed E-state index contributed by atoms with van der Waals surface area (Å²) in [5, 5.41) is 8.88. The van der Waals surface area contributed by atoms with Crippen molar-refractivity contribution in [3.63, 3.8) is 0 Å². The Morgan fingerprint density at radius 2 is 1.76 bits per heavy atom. The number of nitrogens with one attached hydrogen (secondary N) is 1. The molecule has 0 radical (unpaired) electrons. The quantitative estimate of drug-likeness (QED) is 0.847. The van der Waals surface area contributed by atoms with Gasteiger partial charge in [-0.1, -0.05) is 0 Å². The number of aliphatic hydroxyl groups excluding tert-OH is 1. The first-order chi connectivity index (χ1) is 9.74. The summed E-state index contributed by atoms with van der Waals surface area (Å²) in [5.74, 6) is -4.12. The van der Waals surface area contributed by atoms with Crippen LogP contribution in [0.15, 0.2) is 27.5 Å². The molecular formula is C12H10F3NO4S. The molecule has 0 fully saturated rings. The van der Waals surface area contributed by atoms with Gasteiger partial charge in [-0.15, -0.1) is 0 Å². The fourth-order valence-corrected chi connectivity index (χ4v) is 2.93. The van der Waals surface area contributed by atoms with E-state index in [0.29, 0.717) is 6.07 Å². The summed E-state index contributed by atoms with van der Waals surface area (Å²) in [6.07, 6.45) is 0. The van der Waals surface area contributed by atoms with Crippen LogP contribution in [0.25, 0.3) is 0 Å². The van der Waals surface area contributed by atoms with Crippen molar-refractivity contribution in [2.45, 2.75) is 18.4 Å². The number of benzene rings is 1. The van der Waals surface area contributed by atoms with Crippen LogP contribution in [0.5, 0.6) is 0 Å². The van der Waals surface area contributed by atoms with E-state index in [1.807, 2.05) is 0 Å². The van der Waals surface area contributed by atoms with E-state index in [1.54, 1.807) is 4.72 Å². The van der Waals surface area contributed by atoms with E-state index in [9.17, 15) is 21.6 Å². The van der Waals surface area contributed by atoms with E-state index >= 15 is 0 Å². The maximum atomic E-state index is 13.5. The number of furan rings is 1. The van der Waals surface area contributed by atoms with Gasteiger partial charge in [-0.2, -0.15) is 0 Å². The van der Waals surface area contributed by atoms with E-state index in [1.165, 1.54) is 6.92 Å². The van der Waals surface area contributed by atoms with Crippen LogP contribution in [0, 0.1) is 24.4 Å². The zero-order chi connectivity index (χ0) is 15.8. The zero-order valence-corrected chi connectivity index (χ0v) is 11.5. The van der Waals surface area contributed by atoms with Crippen LogP contribution in [0.4, 0.5) is 18.9 Å². The number of rotatable bonds is 4. The standard InChI is InChI=1S/C12H10F3NO4S/c1-6-12(2-7(5-17)20-6)21(18,19)16-11-4-9(14)8(13)3-10(11)15/h2-4,16-17H,5H2,1H3. The third kappa shape index (κ3) is 3.03. The minimum absolute atomic E-state index is 0.00127. The molecule has 1 heterocycles. The molecule has 9 heteroatoms. The number of hydrogen-bond donors (Lipinski definition) is 2. The summed E-state index contributed by atoms with van der Waals surface area (Å²) in [4.78, 5) is -0.337. The Morgan fingerprint density at radius 3 is 2.33 bits per heavy atom. The third-order valence-corrected chi connectivity index (χ3v) is 4.10. The van der Waals surface area contributed by atoms with Gasteiger partial charge in [0.1, 0.15) is 28.8 Å². The van der Waals surface area contributed by atoms with Gasteiger partial charge in [0, 0.05) is 18.2 Å². The SMILES string of the molecule is Cc1oc(CO)cc1S(=O)(=O)Nc1cc(F)c(F)cc1F. The monoisotopic (exact) mass is 321 g/mol. The molecule has 0 aliphatic rings. The molecule has 5 nitrogen and oxygen atoms in total. The first-order valence-corrected chi connectivity index (χ1v) is 7.10. The predicted octanol–water partition coefficient (Wildman–Crippen LogP) is 2.30. The molecule has 1 aromatic heterocycles. The van der Waals surface area contributed by atoms with E-state index < -0.39 is 39.8 Å². The van der Waals surface area contributed by atoms with Crippen LogP contribution < -0.4 is 4.72 Å². The average molecular weight is 321 g/mol. The van der Waals surface area contributed by atoms with E-state index in [-0.39, 0.29) is 22.5 Å². The Kier molecular flexibility index (Phi) is 3.97. The molecule has 0 saturated heterocycles. The summed E-state index contributed by atoms with van der Waals surface area (Å²) in [6.45, 7) is 0.811. The molecular weight excluding hydrogens is 311 g/mol. The Bertz CT molecular complexity index is 786. The normalized spacial score (nSPS) is 11.7. The lowest BCUT2D eigenvalue weighted by molar-refractivity contribution is 0.245. The fourth-order valence-electron chi connectivity index (χ4n) is 1.67. The summed E-state index contributed by atoms with van der Waals surface area (Å²) in [6, 6.07) is 1.68. The van der Waals surface area contributed by atoms with Crippen molar-refractivity contribution in [3.8, 4) is 0 Å². The predicted molar refractivity (Wildman–Crippen MR) is 66.5 cm³/mol. The molecule has 0 spiro atoms. The number of sulfonamides is 1. The van der Waals surface area contributed by atoms with Crippen LogP contribution in [-0.2, 0) is 16.6 Å². The van der Waals surface area contributed by atoms with Gasteiger partial charge in [-0.25, -0.2) is 21.6 Å². The molecule has 21 heavy (non-hydrogen) atoms. The van der Waals surface area contributed by atoms with Crippen LogP contribution in [0.2, 0.25) is 0 Å². The highest BCUT2D eigenvalue weighted by Crippen LogP contribution is 2.25. The number of hydrogen-bond acceptors (Lipinski definition) is 4. The second-order valence-corrected chi connectivity index (χ2v) is 5.79. The van der Waals surface area contributed by atoms with Gasteiger partial charge >= 0.3 is 0 Å². The van der Waals surface area contributed by atoms with Gasteiger partial charge in [-0.05, 0) is 6.92 Å². The topological polar surface area (TPSA) is 79.5 Å². The second-order valence-electron chi connectivity index (χ2n) is 4.14. The fraction of sp³-hybridized carbons (Fsp3) is 0.167. The maximum Gasteiger partial charge on any atom is 0.265 e. The van der Waals surface area contributed by atoms with Crippen molar-refractivity contribution in [3.05, 3.63) is 47.2 Å². The van der Waals surface area contributed by atoms with E-state index in [2.05, 4.69) is 0 Å². The molecule has 2 aromatic rings. The summed E-state index contributed by atoms with van der Waals surface area (Å²) < 4.78 is 70.2. The molecule has 0 amide bonds. The van der Waals surface area contributed by atoms with Gasteiger partial charge in [0.15, 0.2) is 11.6 Å².